The van der Waals surface area contributed by atoms with Crippen molar-refractivity contribution in [3.63, 3.8) is 0 Å². The highest BCUT2D eigenvalue weighted by Gasteiger charge is 2.31. The number of alkyl halides is 3. The Morgan fingerprint density at radius 3 is 2.66 bits per heavy atom. The van der Waals surface area contributed by atoms with Gasteiger partial charge in [0.15, 0.2) is 0 Å². The lowest BCUT2D eigenvalue weighted by atomic mass is 10.0. The van der Waals surface area contributed by atoms with Gasteiger partial charge in [0, 0.05) is 19.6 Å². The van der Waals surface area contributed by atoms with Crippen molar-refractivity contribution in [2.75, 3.05) is 26.2 Å². The maximum atomic E-state index is 13.0. The molecule has 1 aliphatic rings. The minimum atomic E-state index is -4.40. The second kappa shape index (κ2) is 9.71. The fourth-order valence-corrected chi connectivity index (χ4v) is 4.02. The molecule has 32 heavy (non-hydrogen) atoms. The third-order valence-corrected chi connectivity index (χ3v) is 5.67. The number of hydrogen-bond acceptors (Lipinski definition) is 3. The average Bonchev–Trinajstić information content (AvgIpc) is 2.78. The van der Waals surface area contributed by atoms with Crippen LogP contribution >= 0.6 is 0 Å². The zero-order valence-corrected chi connectivity index (χ0v) is 17.6. The molecule has 4 nitrogen and oxygen atoms in total. The number of benzene rings is 3. The molecule has 1 aliphatic heterocycles. The summed E-state index contributed by atoms with van der Waals surface area (Å²) in [6.45, 7) is 1.75. The number of morpholine rings is 1. The first-order valence-corrected chi connectivity index (χ1v) is 10.6. The molecule has 7 heteroatoms. The SMILES string of the molecule is O=C1COC(CNCCc2cccc3ccccc23)CN1Cc1cccc(C(F)(F)F)c1. The second-order valence-corrected chi connectivity index (χ2v) is 8.00. The van der Waals surface area contributed by atoms with E-state index in [4.69, 9.17) is 4.74 Å². The summed E-state index contributed by atoms with van der Waals surface area (Å²) >= 11 is 0. The summed E-state index contributed by atoms with van der Waals surface area (Å²) in [5.74, 6) is -0.214. The molecule has 1 unspecified atom stereocenters. The Bertz CT molecular complexity index is 1080. The van der Waals surface area contributed by atoms with Gasteiger partial charge in [0.05, 0.1) is 11.7 Å². The molecule has 0 saturated carbocycles. The Morgan fingerprint density at radius 1 is 1.03 bits per heavy atom. The number of ether oxygens (including phenoxy) is 1. The van der Waals surface area contributed by atoms with Crippen LogP contribution in [0.25, 0.3) is 10.8 Å². The Morgan fingerprint density at radius 2 is 1.81 bits per heavy atom. The van der Waals surface area contributed by atoms with Gasteiger partial charge in [-0.05, 0) is 47.0 Å². The molecular formula is C25H25F3N2O2. The lowest BCUT2D eigenvalue weighted by Crippen LogP contribution is -2.49. The van der Waals surface area contributed by atoms with Gasteiger partial charge < -0.3 is 15.0 Å². The van der Waals surface area contributed by atoms with Crippen LogP contribution in [0.15, 0.2) is 66.7 Å². The van der Waals surface area contributed by atoms with Gasteiger partial charge >= 0.3 is 6.18 Å². The van der Waals surface area contributed by atoms with Crippen LogP contribution in [0.4, 0.5) is 13.2 Å². The predicted molar refractivity (Wildman–Crippen MR) is 117 cm³/mol. The van der Waals surface area contributed by atoms with E-state index in [2.05, 4.69) is 35.6 Å². The number of nitrogens with one attached hydrogen (secondary N) is 1. The van der Waals surface area contributed by atoms with E-state index in [-0.39, 0.29) is 25.2 Å². The highest BCUT2D eigenvalue weighted by molar-refractivity contribution is 5.85. The minimum Gasteiger partial charge on any atom is -0.365 e. The molecule has 1 N–H and O–H groups in total. The minimum absolute atomic E-state index is 0.0609. The smallest absolute Gasteiger partial charge is 0.365 e. The Kier molecular flexibility index (Phi) is 6.77. The molecule has 4 rings (SSSR count). The first-order valence-electron chi connectivity index (χ1n) is 10.6. The first kappa shape index (κ1) is 22.3. The molecule has 1 saturated heterocycles. The van der Waals surface area contributed by atoms with Crippen molar-refractivity contribution in [3.05, 3.63) is 83.4 Å². The van der Waals surface area contributed by atoms with E-state index in [1.54, 1.807) is 11.0 Å². The zero-order valence-electron chi connectivity index (χ0n) is 17.6. The summed E-state index contributed by atoms with van der Waals surface area (Å²) < 4.78 is 44.5. The van der Waals surface area contributed by atoms with Crippen LogP contribution in [0.3, 0.4) is 0 Å². The molecule has 1 heterocycles. The summed E-state index contributed by atoms with van der Waals surface area (Å²) in [5, 5.41) is 5.84. The lowest BCUT2D eigenvalue weighted by Gasteiger charge is -2.33. The van der Waals surface area contributed by atoms with Crippen molar-refractivity contribution in [1.82, 2.24) is 10.2 Å². The van der Waals surface area contributed by atoms with Gasteiger partial charge in [0.25, 0.3) is 0 Å². The maximum absolute atomic E-state index is 13.0. The molecule has 0 bridgehead atoms. The summed E-state index contributed by atoms with van der Waals surface area (Å²) in [5.41, 5.74) is 1.02. The summed E-state index contributed by atoms with van der Waals surface area (Å²) in [6, 6.07) is 19.7. The van der Waals surface area contributed by atoms with Crippen molar-refractivity contribution in [1.29, 1.82) is 0 Å². The van der Waals surface area contributed by atoms with Crippen LogP contribution < -0.4 is 5.32 Å². The number of halogens is 3. The maximum Gasteiger partial charge on any atom is 0.416 e. The third-order valence-electron chi connectivity index (χ3n) is 5.67. The largest absolute Gasteiger partial charge is 0.416 e. The summed E-state index contributed by atoms with van der Waals surface area (Å²) in [7, 11) is 0. The van der Waals surface area contributed by atoms with Crippen LogP contribution in [-0.4, -0.2) is 43.2 Å². The van der Waals surface area contributed by atoms with Crippen LogP contribution in [-0.2, 0) is 28.7 Å². The molecule has 1 atom stereocenters. The van der Waals surface area contributed by atoms with Crippen LogP contribution in [0.5, 0.6) is 0 Å². The van der Waals surface area contributed by atoms with E-state index in [1.807, 2.05) is 12.1 Å². The molecule has 0 spiro atoms. The molecule has 1 amide bonds. The normalized spacial score (nSPS) is 17.2. The van der Waals surface area contributed by atoms with Gasteiger partial charge in [-0.1, -0.05) is 54.6 Å². The van der Waals surface area contributed by atoms with Crippen molar-refractivity contribution in [2.45, 2.75) is 25.2 Å². The van der Waals surface area contributed by atoms with Gasteiger partial charge in [-0.2, -0.15) is 13.2 Å². The van der Waals surface area contributed by atoms with Gasteiger partial charge in [0.2, 0.25) is 5.91 Å². The zero-order chi connectivity index (χ0) is 22.6. The van der Waals surface area contributed by atoms with Gasteiger partial charge in [0.1, 0.15) is 6.61 Å². The quantitative estimate of drug-likeness (QED) is 0.551. The number of fused-ring (bicyclic) bond motifs is 1. The standard InChI is InChI=1S/C25H25F3N2O2/c26-25(27,28)21-9-3-5-18(13-21)15-30-16-22(32-17-24(30)31)14-29-12-11-20-8-4-7-19-6-1-2-10-23(19)20/h1-10,13,22,29H,11-12,14-17H2. The molecule has 0 radical (unpaired) electrons. The number of nitrogens with zero attached hydrogens (tertiary/aromatic N) is 1. The highest BCUT2D eigenvalue weighted by Crippen LogP contribution is 2.30. The number of carbonyl (C=O) groups excluding carboxylic acids is 1. The Balaban J connectivity index is 1.29. The number of rotatable bonds is 7. The number of carbonyl (C=O) groups is 1. The van der Waals surface area contributed by atoms with Crippen molar-refractivity contribution >= 4 is 16.7 Å². The van der Waals surface area contributed by atoms with E-state index in [0.29, 0.717) is 18.7 Å². The summed E-state index contributed by atoms with van der Waals surface area (Å²) in [4.78, 5) is 13.8. The molecule has 1 fully saturated rings. The fraction of sp³-hybridized carbons (Fsp3) is 0.320. The fourth-order valence-electron chi connectivity index (χ4n) is 4.02. The van der Waals surface area contributed by atoms with Crippen LogP contribution in [0.2, 0.25) is 0 Å². The van der Waals surface area contributed by atoms with Crippen molar-refractivity contribution in [3.8, 4) is 0 Å². The lowest BCUT2D eigenvalue weighted by molar-refractivity contribution is -0.149. The monoisotopic (exact) mass is 442 g/mol. The first-order chi connectivity index (χ1) is 15.4. The van der Waals surface area contributed by atoms with Gasteiger partial charge in [-0.3, -0.25) is 4.79 Å². The topological polar surface area (TPSA) is 41.6 Å². The molecule has 168 valence electrons. The second-order valence-electron chi connectivity index (χ2n) is 8.00. The van der Waals surface area contributed by atoms with E-state index in [0.717, 1.165) is 25.1 Å². The predicted octanol–water partition coefficient (Wildman–Crippen LogP) is 4.42. The molecular weight excluding hydrogens is 417 g/mol. The van der Waals surface area contributed by atoms with Gasteiger partial charge in [-0.25, -0.2) is 0 Å². The van der Waals surface area contributed by atoms with Crippen LogP contribution in [0.1, 0.15) is 16.7 Å². The molecule has 3 aromatic rings. The van der Waals surface area contributed by atoms with Crippen molar-refractivity contribution in [2.24, 2.45) is 0 Å². The van der Waals surface area contributed by atoms with Crippen LogP contribution in [0, 0.1) is 0 Å². The number of hydrogen-bond donors (Lipinski definition) is 1. The van der Waals surface area contributed by atoms with Gasteiger partial charge in [-0.15, -0.1) is 0 Å². The molecule has 0 aliphatic carbocycles. The third kappa shape index (κ3) is 5.47. The highest BCUT2D eigenvalue weighted by atomic mass is 19.4. The Labute approximate surface area is 185 Å². The van der Waals surface area contributed by atoms with E-state index in [9.17, 15) is 18.0 Å². The van der Waals surface area contributed by atoms with E-state index < -0.39 is 11.7 Å². The molecule has 0 aromatic heterocycles. The average molecular weight is 442 g/mol. The summed E-state index contributed by atoms with van der Waals surface area (Å²) in [6.07, 6.45) is -3.74. The van der Waals surface area contributed by atoms with Crippen molar-refractivity contribution < 1.29 is 22.7 Å². The van der Waals surface area contributed by atoms with E-state index >= 15 is 0 Å². The van der Waals surface area contributed by atoms with E-state index in [1.165, 1.54) is 22.4 Å². The molecule has 3 aromatic carbocycles. The number of amides is 1. The Hall–Kier alpha value is -2.90.